The third-order valence-corrected chi connectivity index (χ3v) is 3.15. The second-order valence-corrected chi connectivity index (χ2v) is 4.48. The Hall–Kier alpha value is -0.830. The van der Waals surface area contributed by atoms with Gasteiger partial charge in [-0.3, -0.25) is 4.79 Å². The van der Waals surface area contributed by atoms with Crippen molar-refractivity contribution in [3.8, 4) is 0 Å². The molecule has 1 aromatic heterocycles. The average Bonchev–Trinajstić information content (AvgIpc) is 2.28. The van der Waals surface area contributed by atoms with Crippen LogP contribution >= 0.6 is 22.6 Å². The first-order chi connectivity index (χ1) is 8.49. The zero-order valence-electron chi connectivity index (χ0n) is 9.75. The Bertz CT molecular complexity index is 441. The number of nitrogens with two attached hydrogens (primary N) is 1. The quantitative estimate of drug-likeness (QED) is 0.490. The standard InChI is InChI=1S/C11H13F2IN2O2/c1-2-18-9(17)4-6-3-8(10(12)13)16-11(14)7(6)5-15/h3,10H,2,4-5,15H2,1H3. The molecule has 0 aliphatic rings. The molecule has 0 aliphatic carbocycles. The van der Waals surface area contributed by atoms with Crippen molar-refractivity contribution >= 4 is 28.6 Å². The summed E-state index contributed by atoms with van der Waals surface area (Å²) in [6, 6.07) is 1.21. The number of nitrogens with zero attached hydrogens (tertiary/aromatic N) is 1. The molecule has 1 rings (SSSR count). The lowest BCUT2D eigenvalue weighted by Gasteiger charge is -2.11. The van der Waals surface area contributed by atoms with Gasteiger partial charge in [-0.05, 0) is 41.1 Å². The molecule has 0 amide bonds. The molecule has 0 unspecified atom stereocenters. The molecule has 100 valence electrons. The molecule has 1 aromatic rings. The fourth-order valence-electron chi connectivity index (χ4n) is 1.46. The van der Waals surface area contributed by atoms with Crippen LogP contribution < -0.4 is 5.73 Å². The van der Waals surface area contributed by atoms with Gasteiger partial charge in [0.05, 0.1) is 13.0 Å². The van der Waals surface area contributed by atoms with Crippen LogP contribution in [0, 0.1) is 3.70 Å². The maximum absolute atomic E-state index is 12.6. The number of hydrogen-bond acceptors (Lipinski definition) is 4. The first-order valence-corrected chi connectivity index (χ1v) is 6.39. The van der Waals surface area contributed by atoms with Crippen LogP contribution in [0.15, 0.2) is 6.07 Å². The molecule has 4 nitrogen and oxygen atoms in total. The van der Waals surface area contributed by atoms with Crippen LogP contribution in [0.5, 0.6) is 0 Å². The minimum absolute atomic E-state index is 0.0708. The first-order valence-electron chi connectivity index (χ1n) is 5.31. The Balaban J connectivity index is 3.10. The summed E-state index contributed by atoms with van der Waals surface area (Å²) in [7, 11) is 0. The molecule has 0 aromatic carbocycles. The molecule has 0 fully saturated rings. The van der Waals surface area contributed by atoms with E-state index in [4.69, 9.17) is 10.5 Å². The van der Waals surface area contributed by atoms with Crippen molar-refractivity contribution in [1.82, 2.24) is 4.98 Å². The van der Waals surface area contributed by atoms with Gasteiger partial charge in [0.25, 0.3) is 6.43 Å². The number of carbonyl (C=O) groups excluding carboxylic acids is 1. The van der Waals surface area contributed by atoms with Crippen LogP contribution in [-0.4, -0.2) is 17.6 Å². The van der Waals surface area contributed by atoms with Crippen molar-refractivity contribution in [1.29, 1.82) is 0 Å². The number of esters is 1. The van der Waals surface area contributed by atoms with Crippen LogP contribution in [-0.2, 0) is 22.5 Å². The number of carbonyl (C=O) groups is 1. The van der Waals surface area contributed by atoms with Crippen LogP contribution in [0.3, 0.4) is 0 Å². The zero-order chi connectivity index (χ0) is 13.7. The van der Waals surface area contributed by atoms with E-state index in [0.717, 1.165) is 0 Å². The largest absolute Gasteiger partial charge is 0.466 e. The van der Waals surface area contributed by atoms with E-state index in [1.54, 1.807) is 6.92 Å². The van der Waals surface area contributed by atoms with Gasteiger partial charge in [0.1, 0.15) is 9.39 Å². The van der Waals surface area contributed by atoms with Gasteiger partial charge < -0.3 is 10.5 Å². The van der Waals surface area contributed by atoms with Gasteiger partial charge in [0, 0.05) is 12.1 Å². The number of hydrogen-bond donors (Lipinski definition) is 1. The van der Waals surface area contributed by atoms with Crippen LogP contribution in [0.4, 0.5) is 8.78 Å². The van der Waals surface area contributed by atoms with Gasteiger partial charge in [0.2, 0.25) is 0 Å². The maximum Gasteiger partial charge on any atom is 0.310 e. The van der Waals surface area contributed by atoms with Gasteiger partial charge in [0.15, 0.2) is 0 Å². The summed E-state index contributed by atoms with van der Waals surface area (Å²) in [4.78, 5) is 15.2. The summed E-state index contributed by atoms with van der Waals surface area (Å²) in [5, 5.41) is 0. The van der Waals surface area contributed by atoms with Crippen molar-refractivity contribution in [2.24, 2.45) is 5.73 Å². The van der Waals surface area contributed by atoms with Crippen molar-refractivity contribution in [3.05, 3.63) is 26.6 Å². The lowest BCUT2D eigenvalue weighted by Crippen LogP contribution is -2.14. The molecule has 0 radical (unpaired) electrons. The summed E-state index contributed by atoms with van der Waals surface area (Å²) in [6.07, 6.45) is -2.75. The molecule has 0 bridgehead atoms. The van der Waals surface area contributed by atoms with E-state index in [-0.39, 0.29) is 25.3 Å². The number of pyridine rings is 1. The SMILES string of the molecule is CCOC(=O)Cc1cc(C(F)F)nc(I)c1CN. The lowest BCUT2D eigenvalue weighted by molar-refractivity contribution is -0.142. The van der Waals surface area contributed by atoms with E-state index in [1.807, 2.05) is 22.6 Å². The smallest absolute Gasteiger partial charge is 0.310 e. The Labute approximate surface area is 117 Å². The van der Waals surface area contributed by atoms with Crippen LogP contribution in [0.25, 0.3) is 0 Å². The predicted molar refractivity (Wildman–Crippen MR) is 70.1 cm³/mol. The van der Waals surface area contributed by atoms with Crippen molar-refractivity contribution in [2.45, 2.75) is 26.3 Å². The molecule has 0 spiro atoms. The van der Waals surface area contributed by atoms with E-state index in [1.165, 1.54) is 6.07 Å². The average molecular weight is 370 g/mol. The minimum Gasteiger partial charge on any atom is -0.466 e. The van der Waals surface area contributed by atoms with Crippen molar-refractivity contribution < 1.29 is 18.3 Å². The Morgan fingerprint density at radius 1 is 1.61 bits per heavy atom. The van der Waals surface area contributed by atoms with Gasteiger partial charge in [-0.2, -0.15) is 0 Å². The minimum atomic E-state index is -2.67. The molecular formula is C11H13F2IN2O2. The zero-order valence-corrected chi connectivity index (χ0v) is 11.9. The predicted octanol–water partition coefficient (Wildman–Crippen LogP) is 2.19. The molecule has 0 saturated carbocycles. The summed E-state index contributed by atoms with van der Waals surface area (Å²) >= 11 is 1.84. The summed E-state index contributed by atoms with van der Waals surface area (Å²) in [6.45, 7) is 2.08. The van der Waals surface area contributed by atoms with E-state index in [2.05, 4.69) is 4.98 Å². The van der Waals surface area contributed by atoms with E-state index >= 15 is 0 Å². The van der Waals surface area contributed by atoms with Crippen LogP contribution in [0.1, 0.15) is 30.2 Å². The normalized spacial score (nSPS) is 10.8. The maximum atomic E-state index is 12.6. The topological polar surface area (TPSA) is 65.2 Å². The number of halogens is 3. The number of alkyl halides is 2. The molecule has 18 heavy (non-hydrogen) atoms. The van der Waals surface area contributed by atoms with Gasteiger partial charge in [-0.1, -0.05) is 0 Å². The van der Waals surface area contributed by atoms with Crippen molar-refractivity contribution in [2.75, 3.05) is 6.61 Å². The lowest BCUT2D eigenvalue weighted by atomic mass is 10.1. The van der Waals surface area contributed by atoms with Gasteiger partial charge in [-0.25, -0.2) is 13.8 Å². The van der Waals surface area contributed by atoms with E-state index in [0.29, 0.717) is 14.8 Å². The third-order valence-electron chi connectivity index (χ3n) is 2.25. The highest BCUT2D eigenvalue weighted by atomic mass is 127. The Kier molecular flexibility index (Phi) is 5.86. The fraction of sp³-hybridized carbons (Fsp3) is 0.455. The molecule has 0 atom stereocenters. The summed E-state index contributed by atoms with van der Waals surface area (Å²) < 4.78 is 30.5. The molecule has 0 saturated heterocycles. The summed E-state index contributed by atoms with van der Waals surface area (Å²) in [5.41, 5.74) is 6.25. The van der Waals surface area contributed by atoms with Gasteiger partial charge >= 0.3 is 5.97 Å². The molecule has 1 heterocycles. The second-order valence-electron chi connectivity index (χ2n) is 3.46. The highest BCUT2D eigenvalue weighted by Crippen LogP contribution is 2.23. The van der Waals surface area contributed by atoms with E-state index < -0.39 is 12.4 Å². The summed E-state index contributed by atoms with van der Waals surface area (Å²) in [5.74, 6) is -0.464. The molecule has 7 heteroatoms. The van der Waals surface area contributed by atoms with Crippen molar-refractivity contribution in [3.63, 3.8) is 0 Å². The van der Waals surface area contributed by atoms with Gasteiger partial charge in [-0.15, -0.1) is 0 Å². The van der Waals surface area contributed by atoms with Crippen LogP contribution in [0.2, 0.25) is 0 Å². The Morgan fingerprint density at radius 3 is 2.78 bits per heavy atom. The third kappa shape index (κ3) is 3.84. The molecular weight excluding hydrogens is 357 g/mol. The molecule has 2 N–H and O–H groups in total. The number of rotatable bonds is 5. The highest BCUT2D eigenvalue weighted by Gasteiger charge is 2.17. The highest BCUT2D eigenvalue weighted by molar-refractivity contribution is 14.1. The molecule has 0 aliphatic heterocycles. The fourth-order valence-corrected chi connectivity index (χ4v) is 2.31. The monoisotopic (exact) mass is 370 g/mol. The van der Waals surface area contributed by atoms with E-state index in [9.17, 15) is 13.6 Å². The number of ether oxygens (including phenoxy) is 1. The number of aromatic nitrogens is 1. The second kappa shape index (κ2) is 6.93. The Morgan fingerprint density at radius 2 is 2.28 bits per heavy atom. The first kappa shape index (κ1) is 15.2.